The van der Waals surface area contributed by atoms with Gasteiger partial charge in [-0.1, -0.05) is 0 Å². The smallest absolute Gasteiger partial charge is 0.258 e. The third-order valence-electron chi connectivity index (χ3n) is 5.81. The van der Waals surface area contributed by atoms with Crippen molar-refractivity contribution in [1.82, 2.24) is 9.88 Å². The van der Waals surface area contributed by atoms with Crippen LogP contribution in [-0.2, 0) is 0 Å². The zero-order valence-corrected chi connectivity index (χ0v) is 17.0. The maximum absolute atomic E-state index is 13.5. The number of carbonyl (C=O) groups is 1. The predicted octanol–water partition coefficient (Wildman–Crippen LogP) is 3.32. The summed E-state index contributed by atoms with van der Waals surface area (Å²) >= 11 is 0. The Morgan fingerprint density at radius 2 is 1.59 bits per heavy atom. The van der Waals surface area contributed by atoms with E-state index in [0.717, 1.165) is 31.4 Å². The minimum Gasteiger partial charge on any atom is -0.493 e. The average Bonchev–Trinajstić information content (AvgIpc) is 3.03. The van der Waals surface area contributed by atoms with Gasteiger partial charge in [0.2, 0.25) is 5.75 Å². The van der Waals surface area contributed by atoms with Crippen molar-refractivity contribution in [2.45, 2.75) is 43.9 Å². The lowest BCUT2D eigenvalue weighted by Gasteiger charge is -2.39. The van der Waals surface area contributed by atoms with Crippen molar-refractivity contribution in [1.29, 1.82) is 0 Å². The van der Waals surface area contributed by atoms with Crippen LogP contribution in [0.15, 0.2) is 36.7 Å². The van der Waals surface area contributed by atoms with Gasteiger partial charge in [-0.3, -0.25) is 9.78 Å². The molecule has 2 bridgehead atoms. The summed E-state index contributed by atoms with van der Waals surface area (Å²) in [6, 6.07) is 7.55. The number of nitrogens with zero attached hydrogens (tertiary/aromatic N) is 2. The SMILES string of the molecule is COc1ccc(C(=O)N2C3CCC2CC(Oc2ccncc2)C3)c(OC)c1OC. The number of amides is 1. The van der Waals surface area contributed by atoms with E-state index in [9.17, 15) is 4.79 Å². The molecule has 0 saturated carbocycles. The maximum atomic E-state index is 13.5. The van der Waals surface area contributed by atoms with Crippen LogP contribution in [0.5, 0.6) is 23.0 Å². The second kappa shape index (κ2) is 8.19. The Morgan fingerprint density at radius 1 is 0.931 bits per heavy atom. The molecule has 2 saturated heterocycles. The molecule has 0 aliphatic carbocycles. The molecule has 2 unspecified atom stereocenters. The zero-order valence-electron chi connectivity index (χ0n) is 17.0. The van der Waals surface area contributed by atoms with Crippen LogP contribution in [0.1, 0.15) is 36.0 Å². The van der Waals surface area contributed by atoms with Gasteiger partial charge < -0.3 is 23.8 Å². The molecule has 4 rings (SSSR count). The molecule has 2 fully saturated rings. The average molecular weight is 398 g/mol. The van der Waals surface area contributed by atoms with E-state index in [1.54, 1.807) is 38.7 Å². The van der Waals surface area contributed by atoms with Crippen molar-refractivity contribution in [3.63, 3.8) is 0 Å². The molecule has 7 heteroatoms. The van der Waals surface area contributed by atoms with Crippen molar-refractivity contribution in [2.75, 3.05) is 21.3 Å². The monoisotopic (exact) mass is 398 g/mol. The lowest BCUT2D eigenvalue weighted by Crippen LogP contribution is -2.49. The van der Waals surface area contributed by atoms with Gasteiger partial charge in [-0.15, -0.1) is 0 Å². The fourth-order valence-corrected chi connectivity index (χ4v) is 4.57. The van der Waals surface area contributed by atoms with Gasteiger partial charge in [0.15, 0.2) is 11.5 Å². The van der Waals surface area contributed by atoms with Crippen LogP contribution >= 0.6 is 0 Å². The molecule has 0 spiro atoms. The summed E-state index contributed by atoms with van der Waals surface area (Å²) in [5, 5.41) is 0. The van der Waals surface area contributed by atoms with Gasteiger partial charge in [0.05, 0.1) is 26.9 Å². The minimum atomic E-state index is -0.0299. The number of rotatable bonds is 6. The van der Waals surface area contributed by atoms with E-state index in [4.69, 9.17) is 18.9 Å². The number of methoxy groups -OCH3 is 3. The number of aromatic nitrogens is 1. The first-order valence-corrected chi connectivity index (χ1v) is 9.84. The molecule has 2 aromatic rings. The van der Waals surface area contributed by atoms with E-state index in [-0.39, 0.29) is 24.1 Å². The van der Waals surface area contributed by atoms with Crippen LogP contribution in [0.25, 0.3) is 0 Å². The van der Waals surface area contributed by atoms with Gasteiger partial charge in [0, 0.05) is 37.3 Å². The number of carbonyl (C=O) groups excluding carboxylic acids is 1. The van der Waals surface area contributed by atoms with E-state index >= 15 is 0 Å². The van der Waals surface area contributed by atoms with Crippen LogP contribution in [-0.4, -0.2) is 55.3 Å². The van der Waals surface area contributed by atoms with Gasteiger partial charge in [0.1, 0.15) is 11.9 Å². The van der Waals surface area contributed by atoms with E-state index in [0.29, 0.717) is 22.8 Å². The molecule has 154 valence electrons. The van der Waals surface area contributed by atoms with Crippen molar-refractivity contribution < 1.29 is 23.7 Å². The second-order valence-electron chi connectivity index (χ2n) is 7.37. The molecular weight excluding hydrogens is 372 g/mol. The van der Waals surface area contributed by atoms with E-state index in [1.165, 1.54) is 7.11 Å². The lowest BCUT2D eigenvalue weighted by atomic mass is 9.98. The Hall–Kier alpha value is -2.96. The number of benzene rings is 1. The minimum absolute atomic E-state index is 0.0299. The molecule has 2 aliphatic heterocycles. The quantitative estimate of drug-likeness (QED) is 0.744. The van der Waals surface area contributed by atoms with Gasteiger partial charge in [-0.2, -0.15) is 0 Å². The number of hydrogen-bond donors (Lipinski definition) is 0. The molecule has 0 N–H and O–H groups in total. The summed E-state index contributed by atoms with van der Waals surface area (Å²) in [7, 11) is 4.64. The van der Waals surface area contributed by atoms with Gasteiger partial charge >= 0.3 is 0 Å². The summed E-state index contributed by atoms with van der Waals surface area (Å²) in [6.07, 6.45) is 7.18. The van der Waals surface area contributed by atoms with Gasteiger partial charge in [0.25, 0.3) is 5.91 Å². The maximum Gasteiger partial charge on any atom is 0.258 e. The summed E-state index contributed by atoms with van der Waals surface area (Å²) in [4.78, 5) is 19.5. The fraction of sp³-hybridized carbons (Fsp3) is 0.455. The van der Waals surface area contributed by atoms with Crippen LogP contribution in [0.2, 0.25) is 0 Å². The molecule has 3 heterocycles. The zero-order chi connectivity index (χ0) is 20.4. The topological polar surface area (TPSA) is 70.1 Å². The third-order valence-corrected chi connectivity index (χ3v) is 5.81. The van der Waals surface area contributed by atoms with Crippen LogP contribution in [0.3, 0.4) is 0 Å². The van der Waals surface area contributed by atoms with Crippen molar-refractivity contribution >= 4 is 5.91 Å². The highest BCUT2D eigenvalue weighted by atomic mass is 16.5. The highest BCUT2D eigenvalue weighted by Gasteiger charge is 2.45. The Labute approximate surface area is 170 Å². The van der Waals surface area contributed by atoms with Gasteiger partial charge in [-0.25, -0.2) is 0 Å². The first kappa shape index (κ1) is 19.4. The van der Waals surface area contributed by atoms with E-state index in [1.807, 2.05) is 17.0 Å². The molecule has 0 radical (unpaired) electrons. The van der Waals surface area contributed by atoms with Crippen LogP contribution in [0.4, 0.5) is 0 Å². The van der Waals surface area contributed by atoms with E-state index in [2.05, 4.69) is 4.98 Å². The second-order valence-corrected chi connectivity index (χ2v) is 7.37. The fourth-order valence-electron chi connectivity index (χ4n) is 4.57. The predicted molar refractivity (Wildman–Crippen MR) is 107 cm³/mol. The summed E-state index contributed by atoms with van der Waals surface area (Å²) in [5.74, 6) is 2.17. The molecule has 2 atom stereocenters. The standard InChI is InChI=1S/C22H26N2O5/c1-26-19-7-6-18(20(27-2)21(19)28-3)22(25)24-14-4-5-15(24)13-17(12-14)29-16-8-10-23-11-9-16/h6-11,14-15,17H,4-5,12-13H2,1-3H3. The number of ether oxygens (including phenoxy) is 4. The normalized spacial score (nSPS) is 22.9. The van der Waals surface area contributed by atoms with Crippen molar-refractivity contribution in [3.8, 4) is 23.0 Å². The number of piperidine rings is 1. The third kappa shape index (κ3) is 3.57. The lowest BCUT2D eigenvalue weighted by molar-refractivity contribution is 0.0356. The number of fused-ring (bicyclic) bond motifs is 2. The summed E-state index contributed by atoms with van der Waals surface area (Å²) in [6.45, 7) is 0. The number of hydrogen-bond acceptors (Lipinski definition) is 6. The summed E-state index contributed by atoms with van der Waals surface area (Å²) < 4.78 is 22.4. The Balaban J connectivity index is 1.55. The molecule has 29 heavy (non-hydrogen) atoms. The molecule has 1 amide bonds. The van der Waals surface area contributed by atoms with Crippen LogP contribution < -0.4 is 18.9 Å². The first-order chi connectivity index (χ1) is 14.2. The van der Waals surface area contributed by atoms with Gasteiger partial charge in [-0.05, 0) is 37.1 Å². The highest BCUT2D eigenvalue weighted by Crippen LogP contribution is 2.43. The molecule has 2 aliphatic rings. The molecule has 1 aromatic carbocycles. The Kier molecular flexibility index (Phi) is 5.47. The number of pyridine rings is 1. The van der Waals surface area contributed by atoms with Crippen LogP contribution in [0, 0.1) is 0 Å². The molecule has 1 aromatic heterocycles. The first-order valence-electron chi connectivity index (χ1n) is 9.84. The highest BCUT2D eigenvalue weighted by molar-refractivity contribution is 5.99. The summed E-state index contributed by atoms with van der Waals surface area (Å²) in [5.41, 5.74) is 0.496. The largest absolute Gasteiger partial charge is 0.493 e. The molecule has 7 nitrogen and oxygen atoms in total. The van der Waals surface area contributed by atoms with E-state index < -0.39 is 0 Å². The molecular formula is C22H26N2O5. The van der Waals surface area contributed by atoms with Crippen molar-refractivity contribution in [3.05, 3.63) is 42.2 Å². The Morgan fingerprint density at radius 3 is 2.17 bits per heavy atom. The van der Waals surface area contributed by atoms with Crippen molar-refractivity contribution in [2.24, 2.45) is 0 Å². The Bertz CT molecular complexity index is 859.